The fourth-order valence-corrected chi connectivity index (χ4v) is 2.32. The van der Waals surface area contributed by atoms with E-state index in [-0.39, 0.29) is 0 Å². The number of alkyl halides is 1. The molecule has 3 N–H and O–H groups in total. The molecule has 0 radical (unpaired) electrons. The first-order chi connectivity index (χ1) is 9.09. The van der Waals surface area contributed by atoms with E-state index in [4.69, 9.17) is 22.4 Å². The van der Waals surface area contributed by atoms with Crippen LogP contribution < -0.4 is 5.73 Å². The normalized spacial score (nSPS) is 17.2. The van der Waals surface area contributed by atoms with Crippen molar-refractivity contribution in [2.75, 3.05) is 0 Å². The molecule has 3 nitrogen and oxygen atoms in total. The van der Waals surface area contributed by atoms with Gasteiger partial charge < -0.3 is 10.8 Å². The number of benzene rings is 1. The lowest BCUT2D eigenvalue weighted by molar-refractivity contribution is -0.138. The number of carboxylic acids is 1. The second-order valence-electron chi connectivity index (χ2n) is 4.87. The molecule has 4 heteroatoms. The molecule has 1 aliphatic rings. The molecule has 1 atom stereocenters. The molecule has 2 rings (SSSR count). The molecule has 0 amide bonds. The summed E-state index contributed by atoms with van der Waals surface area (Å²) in [6.07, 6.45) is 7.00. The minimum Gasteiger partial charge on any atom is -0.480 e. The van der Waals surface area contributed by atoms with E-state index in [9.17, 15) is 4.79 Å². The summed E-state index contributed by atoms with van der Waals surface area (Å²) < 4.78 is 0. The van der Waals surface area contributed by atoms with Crippen molar-refractivity contribution < 1.29 is 9.90 Å². The standard InChI is InChI=1S/C9H11NO2.C6H11Cl/c10-8(9(11)12)6-7-4-2-1-3-5-7;7-6-4-2-1-3-5-6/h1-5,8H,6,10H2,(H,11,12);6H,1-5H2. The van der Waals surface area contributed by atoms with Gasteiger partial charge in [0.1, 0.15) is 6.04 Å². The smallest absolute Gasteiger partial charge is 0.320 e. The number of nitrogens with two attached hydrogens (primary N) is 1. The van der Waals surface area contributed by atoms with E-state index >= 15 is 0 Å². The van der Waals surface area contributed by atoms with Crippen LogP contribution in [0, 0.1) is 0 Å². The quantitative estimate of drug-likeness (QED) is 0.838. The maximum Gasteiger partial charge on any atom is 0.320 e. The van der Waals surface area contributed by atoms with E-state index < -0.39 is 12.0 Å². The van der Waals surface area contributed by atoms with Crippen molar-refractivity contribution in [3.63, 3.8) is 0 Å². The summed E-state index contributed by atoms with van der Waals surface area (Å²) in [5.74, 6) is -0.959. The van der Waals surface area contributed by atoms with Crippen molar-refractivity contribution >= 4 is 17.6 Å². The van der Waals surface area contributed by atoms with Gasteiger partial charge in [0.05, 0.1) is 0 Å². The monoisotopic (exact) mass is 283 g/mol. The van der Waals surface area contributed by atoms with Crippen molar-refractivity contribution in [2.24, 2.45) is 5.73 Å². The molecule has 1 fully saturated rings. The number of carbonyl (C=O) groups is 1. The number of rotatable bonds is 3. The Morgan fingerprint density at radius 1 is 1.26 bits per heavy atom. The van der Waals surface area contributed by atoms with Crippen LogP contribution >= 0.6 is 11.6 Å². The van der Waals surface area contributed by atoms with E-state index in [0.717, 1.165) is 5.56 Å². The first-order valence-corrected chi connectivity index (χ1v) is 7.19. The van der Waals surface area contributed by atoms with E-state index in [1.165, 1.54) is 32.1 Å². The molecule has 1 aromatic rings. The SMILES string of the molecule is ClC1CCCCC1.NC(Cc1ccccc1)C(=O)O. The van der Waals surface area contributed by atoms with Crippen LogP contribution in [-0.4, -0.2) is 22.5 Å². The van der Waals surface area contributed by atoms with E-state index in [1.54, 1.807) is 0 Å². The van der Waals surface area contributed by atoms with E-state index in [1.807, 2.05) is 30.3 Å². The summed E-state index contributed by atoms with van der Waals surface area (Å²) in [6.45, 7) is 0. The Kier molecular flexibility index (Phi) is 7.53. The van der Waals surface area contributed by atoms with E-state index in [2.05, 4.69) is 0 Å². The highest BCUT2D eigenvalue weighted by Crippen LogP contribution is 2.21. The van der Waals surface area contributed by atoms with Crippen molar-refractivity contribution in [1.82, 2.24) is 0 Å². The lowest BCUT2D eigenvalue weighted by atomic mass is 10.0. The van der Waals surface area contributed by atoms with Crippen molar-refractivity contribution in [3.05, 3.63) is 35.9 Å². The number of halogens is 1. The van der Waals surface area contributed by atoms with Crippen LogP contribution in [0.3, 0.4) is 0 Å². The molecule has 106 valence electrons. The van der Waals surface area contributed by atoms with Crippen LogP contribution in [0.1, 0.15) is 37.7 Å². The zero-order valence-corrected chi connectivity index (χ0v) is 11.9. The highest BCUT2D eigenvalue weighted by atomic mass is 35.5. The molecular formula is C15H22ClNO2. The second-order valence-corrected chi connectivity index (χ2v) is 5.49. The summed E-state index contributed by atoms with van der Waals surface area (Å²) in [5, 5.41) is 9.03. The lowest BCUT2D eigenvalue weighted by Gasteiger charge is -2.13. The topological polar surface area (TPSA) is 63.3 Å². The molecule has 0 saturated heterocycles. The summed E-state index contributed by atoms with van der Waals surface area (Å²) in [5.41, 5.74) is 6.30. The minimum atomic E-state index is -0.959. The predicted octanol–water partition coefficient (Wildman–Crippen LogP) is 3.20. The highest BCUT2D eigenvalue weighted by molar-refractivity contribution is 6.20. The van der Waals surface area contributed by atoms with Crippen LogP contribution in [0.5, 0.6) is 0 Å². The number of hydrogen-bond acceptors (Lipinski definition) is 2. The van der Waals surface area contributed by atoms with Gasteiger partial charge >= 0.3 is 5.97 Å². The molecule has 19 heavy (non-hydrogen) atoms. The Morgan fingerprint density at radius 2 is 1.84 bits per heavy atom. The second kappa shape index (κ2) is 8.94. The molecule has 0 heterocycles. The molecule has 1 saturated carbocycles. The van der Waals surface area contributed by atoms with Gasteiger partial charge in [-0.05, 0) is 24.8 Å². The van der Waals surface area contributed by atoms with Crippen LogP contribution in [0.25, 0.3) is 0 Å². The average Bonchev–Trinajstić information content (AvgIpc) is 2.41. The fourth-order valence-electron chi connectivity index (χ4n) is 2.01. The Balaban J connectivity index is 0.000000218. The van der Waals surface area contributed by atoms with Crippen molar-refractivity contribution in [3.8, 4) is 0 Å². The number of aliphatic carboxylic acids is 1. The van der Waals surface area contributed by atoms with Crippen LogP contribution in [0.2, 0.25) is 0 Å². The van der Waals surface area contributed by atoms with Gasteiger partial charge in [0.25, 0.3) is 0 Å². The molecule has 0 aliphatic heterocycles. The Bertz CT molecular complexity index is 364. The molecule has 1 aromatic carbocycles. The largest absolute Gasteiger partial charge is 0.480 e. The molecule has 1 unspecified atom stereocenters. The van der Waals surface area contributed by atoms with Gasteiger partial charge in [0, 0.05) is 5.38 Å². The summed E-state index contributed by atoms with van der Waals surface area (Å²) in [4.78, 5) is 10.4. The van der Waals surface area contributed by atoms with Gasteiger partial charge in [-0.25, -0.2) is 0 Å². The van der Waals surface area contributed by atoms with Gasteiger partial charge in [-0.2, -0.15) is 0 Å². The van der Waals surface area contributed by atoms with Gasteiger partial charge in [-0.15, -0.1) is 11.6 Å². The maximum atomic E-state index is 10.4. The average molecular weight is 284 g/mol. The van der Waals surface area contributed by atoms with Gasteiger partial charge in [0.15, 0.2) is 0 Å². The first-order valence-electron chi connectivity index (χ1n) is 6.76. The molecular weight excluding hydrogens is 262 g/mol. The minimum absolute atomic E-state index is 0.385. The van der Waals surface area contributed by atoms with Crippen molar-refractivity contribution in [2.45, 2.75) is 49.9 Å². The Hall–Kier alpha value is -1.06. The zero-order valence-electron chi connectivity index (χ0n) is 11.1. The van der Waals surface area contributed by atoms with Gasteiger partial charge in [0.2, 0.25) is 0 Å². The Labute approximate surface area is 119 Å². The molecule has 0 spiro atoms. The first kappa shape index (κ1) is 16.0. The predicted molar refractivity (Wildman–Crippen MR) is 78.5 cm³/mol. The Morgan fingerprint density at radius 3 is 2.26 bits per heavy atom. The van der Waals surface area contributed by atoms with Crippen LogP contribution in [0.15, 0.2) is 30.3 Å². The summed E-state index contributed by atoms with van der Waals surface area (Å²) >= 11 is 5.82. The third-order valence-corrected chi connectivity index (χ3v) is 3.59. The van der Waals surface area contributed by atoms with Crippen LogP contribution in [-0.2, 0) is 11.2 Å². The van der Waals surface area contributed by atoms with E-state index in [0.29, 0.717) is 11.8 Å². The molecule has 0 bridgehead atoms. The summed E-state index contributed by atoms with van der Waals surface area (Å²) in [7, 11) is 0. The summed E-state index contributed by atoms with van der Waals surface area (Å²) in [6, 6.07) is 8.54. The maximum absolute atomic E-state index is 10.4. The number of carboxylic acid groups (broad SMARTS) is 1. The zero-order chi connectivity index (χ0) is 14.1. The lowest BCUT2D eigenvalue weighted by Crippen LogP contribution is -2.32. The molecule has 0 aromatic heterocycles. The number of hydrogen-bond donors (Lipinski definition) is 2. The van der Waals surface area contributed by atoms with Crippen LogP contribution in [0.4, 0.5) is 0 Å². The highest BCUT2D eigenvalue weighted by Gasteiger charge is 2.11. The van der Waals surface area contributed by atoms with Gasteiger partial charge in [-0.3, -0.25) is 4.79 Å². The third-order valence-electron chi connectivity index (χ3n) is 3.15. The third kappa shape index (κ3) is 7.19. The van der Waals surface area contributed by atoms with Crippen molar-refractivity contribution in [1.29, 1.82) is 0 Å². The molecule has 1 aliphatic carbocycles. The fraction of sp³-hybridized carbons (Fsp3) is 0.533. The van der Waals surface area contributed by atoms with Gasteiger partial charge in [-0.1, -0.05) is 49.6 Å².